The molecular weight excluding hydrogens is 448 g/mol. The van der Waals surface area contributed by atoms with E-state index in [9.17, 15) is 14.4 Å². The second-order valence-electron chi connectivity index (χ2n) is 9.93. The van der Waals surface area contributed by atoms with Crippen molar-refractivity contribution in [1.82, 2.24) is 0 Å². The highest BCUT2D eigenvalue weighted by Gasteiger charge is 2.47. The van der Waals surface area contributed by atoms with Crippen molar-refractivity contribution in [3.05, 3.63) is 41.5 Å². The lowest BCUT2D eigenvalue weighted by Gasteiger charge is -2.33. The molecule has 0 amide bonds. The van der Waals surface area contributed by atoms with Gasteiger partial charge in [0.05, 0.1) is 7.11 Å². The van der Waals surface area contributed by atoms with Crippen LogP contribution in [0.15, 0.2) is 30.4 Å². The number of hydrogen-bond acceptors (Lipinski definition) is 7. The first-order valence-electron chi connectivity index (χ1n) is 12.9. The van der Waals surface area contributed by atoms with Crippen molar-refractivity contribution in [2.45, 2.75) is 76.9 Å². The molecule has 190 valence electrons. The molecule has 35 heavy (non-hydrogen) atoms. The summed E-state index contributed by atoms with van der Waals surface area (Å²) >= 11 is 0. The average molecular weight is 485 g/mol. The summed E-state index contributed by atoms with van der Waals surface area (Å²) in [5.41, 5.74) is 2.36. The molecular formula is C28H36O7. The van der Waals surface area contributed by atoms with Crippen molar-refractivity contribution >= 4 is 17.9 Å². The number of fused-ring (bicyclic) bond motifs is 4. The summed E-state index contributed by atoms with van der Waals surface area (Å²) < 4.78 is 22.1. The lowest BCUT2D eigenvalue weighted by Crippen LogP contribution is -2.29. The SMILES string of the molecule is CCCCC[C@@H]1CC[C@@H]2[C@H]3Cc4cccc(OCC(=O)OC)c4C[C@H]3C[C@H]2OC(=O)/C=C/C(=O)O1. The number of cyclic esters (lactones) is 1. The number of rotatable bonds is 7. The third kappa shape index (κ3) is 6.24. The number of benzene rings is 1. The molecule has 2 aliphatic carbocycles. The van der Waals surface area contributed by atoms with Gasteiger partial charge in [-0.3, -0.25) is 0 Å². The predicted molar refractivity (Wildman–Crippen MR) is 129 cm³/mol. The Balaban J connectivity index is 1.52. The van der Waals surface area contributed by atoms with Gasteiger partial charge >= 0.3 is 17.9 Å². The Hall–Kier alpha value is -2.83. The van der Waals surface area contributed by atoms with E-state index in [-0.39, 0.29) is 24.7 Å². The molecule has 7 nitrogen and oxygen atoms in total. The number of carbonyl (C=O) groups excluding carboxylic acids is 3. The zero-order valence-electron chi connectivity index (χ0n) is 20.7. The highest BCUT2D eigenvalue weighted by atomic mass is 16.6. The van der Waals surface area contributed by atoms with Gasteiger partial charge < -0.3 is 18.9 Å². The Morgan fingerprint density at radius 3 is 2.60 bits per heavy atom. The Morgan fingerprint density at radius 2 is 1.83 bits per heavy atom. The van der Waals surface area contributed by atoms with E-state index in [0.717, 1.165) is 69.1 Å². The number of hydrogen-bond donors (Lipinski definition) is 0. The molecule has 0 radical (unpaired) electrons. The fourth-order valence-corrected chi connectivity index (χ4v) is 6.03. The molecule has 0 bridgehead atoms. The van der Waals surface area contributed by atoms with Gasteiger partial charge in [0.2, 0.25) is 0 Å². The van der Waals surface area contributed by atoms with Crippen LogP contribution >= 0.6 is 0 Å². The summed E-state index contributed by atoms with van der Waals surface area (Å²) in [7, 11) is 1.35. The number of ether oxygens (including phenoxy) is 4. The first kappa shape index (κ1) is 25.3. The molecule has 0 unspecified atom stereocenters. The second kappa shape index (κ2) is 11.7. The maximum atomic E-state index is 12.5. The zero-order valence-corrected chi connectivity index (χ0v) is 20.7. The van der Waals surface area contributed by atoms with E-state index in [2.05, 4.69) is 13.0 Å². The molecule has 5 atom stereocenters. The standard InChI is InChI=1S/C28H36O7/c1-3-4-5-8-20-10-11-21-22-14-18-7-6-9-24(33-17-28(31)32-2)23(18)15-19(22)16-25(21)35-27(30)13-12-26(29)34-20/h6-7,9,12-13,19-22,25H,3-5,8,10-11,14-17H2,1-2H3/b13-12+/t19-,20+,21+,22-,25+/m0/s1. The van der Waals surface area contributed by atoms with E-state index in [1.165, 1.54) is 24.8 Å². The molecule has 0 aromatic heterocycles. The molecule has 4 rings (SSSR count). The van der Waals surface area contributed by atoms with Crippen LogP contribution in [-0.2, 0) is 41.4 Å². The summed E-state index contributed by atoms with van der Waals surface area (Å²) in [6, 6.07) is 5.99. The second-order valence-corrected chi connectivity index (χ2v) is 9.93. The zero-order chi connectivity index (χ0) is 24.8. The van der Waals surface area contributed by atoms with E-state index < -0.39 is 17.9 Å². The summed E-state index contributed by atoms with van der Waals surface area (Å²) in [5, 5.41) is 0. The van der Waals surface area contributed by atoms with E-state index in [0.29, 0.717) is 11.8 Å². The summed E-state index contributed by atoms with van der Waals surface area (Å²) in [4.78, 5) is 36.3. The van der Waals surface area contributed by atoms with Crippen LogP contribution in [0.3, 0.4) is 0 Å². The predicted octanol–water partition coefficient (Wildman–Crippen LogP) is 4.34. The average Bonchev–Trinajstić information content (AvgIpc) is 3.17. The Labute approximate surface area is 207 Å². The van der Waals surface area contributed by atoms with Gasteiger partial charge in [-0.2, -0.15) is 0 Å². The van der Waals surface area contributed by atoms with E-state index in [1.807, 2.05) is 12.1 Å². The molecule has 0 saturated heterocycles. The van der Waals surface area contributed by atoms with Gasteiger partial charge in [-0.15, -0.1) is 0 Å². The van der Waals surface area contributed by atoms with Crippen molar-refractivity contribution in [2.24, 2.45) is 17.8 Å². The molecule has 1 saturated carbocycles. The minimum atomic E-state index is -0.486. The first-order valence-corrected chi connectivity index (χ1v) is 12.9. The van der Waals surface area contributed by atoms with Gasteiger partial charge in [-0.25, -0.2) is 14.4 Å². The fraction of sp³-hybridized carbons (Fsp3) is 0.607. The van der Waals surface area contributed by atoms with Crippen LogP contribution in [0.1, 0.15) is 63.0 Å². The normalized spacial score (nSPS) is 28.9. The lowest BCUT2D eigenvalue weighted by molar-refractivity contribution is -0.145. The van der Waals surface area contributed by atoms with Crippen LogP contribution in [0.25, 0.3) is 0 Å². The van der Waals surface area contributed by atoms with Crippen LogP contribution in [-0.4, -0.2) is 43.8 Å². The molecule has 1 aromatic carbocycles. The topological polar surface area (TPSA) is 88.1 Å². The summed E-state index contributed by atoms with van der Waals surface area (Å²) in [6.07, 6.45) is 10.3. The van der Waals surface area contributed by atoms with Gasteiger partial charge in [0.15, 0.2) is 6.61 Å². The number of unbranched alkanes of at least 4 members (excludes halogenated alkanes) is 2. The Bertz CT molecular complexity index is 953. The highest BCUT2D eigenvalue weighted by molar-refractivity contribution is 5.91. The van der Waals surface area contributed by atoms with Crippen LogP contribution in [0.4, 0.5) is 0 Å². The van der Waals surface area contributed by atoms with Crippen LogP contribution in [0.2, 0.25) is 0 Å². The number of esters is 3. The molecule has 0 N–H and O–H groups in total. The third-order valence-corrected chi connectivity index (χ3v) is 7.75. The van der Waals surface area contributed by atoms with Crippen molar-refractivity contribution in [1.29, 1.82) is 0 Å². The maximum absolute atomic E-state index is 12.5. The van der Waals surface area contributed by atoms with Gasteiger partial charge in [-0.05, 0) is 79.9 Å². The minimum absolute atomic E-state index is 0.117. The number of carbonyl (C=O) groups is 3. The van der Waals surface area contributed by atoms with Gasteiger partial charge in [0.25, 0.3) is 0 Å². The van der Waals surface area contributed by atoms with Crippen LogP contribution in [0.5, 0.6) is 5.75 Å². The van der Waals surface area contributed by atoms with Crippen molar-refractivity contribution in [2.75, 3.05) is 13.7 Å². The van der Waals surface area contributed by atoms with Gasteiger partial charge in [0.1, 0.15) is 18.0 Å². The molecule has 3 aliphatic rings. The maximum Gasteiger partial charge on any atom is 0.343 e. The molecule has 1 fully saturated rings. The van der Waals surface area contributed by atoms with Crippen molar-refractivity contribution < 1.29 is 33.3 Å². The monoisotopic (exact) mass is 484 g/mol. The third-order valence-electron chi connectivity index (χ3n) is 7.75. The Morgan fingerprint density at radius 1 is 1.03 bits per heavy atom. The lowest BCUT2D eigenvalue weighted by atomic mass is 9.73. The molecule has 1 aromatic rings. The van der Waals surface area contributed by atoms with Gasteiger partial charge in [-0.1, -0.05) is 31.9 Å². The first-order chi connectivity index (χ1) is 17.0. The van der Waals surface area contributed by atoms with Crippen molar-refractivity contribution in [3.8, 4) is 5.75 Å². The summed E-state index contributed by atoms with van der Waals surface area (Å²) in [6.45, 7) is 2.04. The molecule has 7 heteroatoms. The Kier molecular flexibility index (Phi) is 8.47. The van der Waals surface area contributed by atoms with Crippen LogP contribution < -0.4 is 4.74 Å². The molecule has 1 aliphatic heterocycles. The van der Waals surface area contributed by atoms with Gasteiger partial charge in [0, 0.05) is 12.2 Å². The summed E-state index contributed by atoms with van der Waals surface area (Å²) in [5.74, 6) is 0.320. The quantitative estimate of drug-likeness (QED) is 0.323. The minimum Gasteiger partial charge on any atom is -0.482 e. The van der Waals surface area contributed by atoms with E-state index in [1.54, 1.807) is 0 Å². The largest absolute Gasteiger partial charge is 0.482 e. The fourth-order valence-electron chi connectivity index (χ4n) is 6.03. The van der Waals surface area contributed by atoms with E-state index >= 15 is 0 Å². The van der Waals surface area contributed by atoms with Crippen molar-refractivity contribution in [3.63, 3.8) is 0 Å². The van der Waals surface area contributed by atoms with Crippen LogP contribution in [0, 0.1) is 17.8 Å². The van der Waals surface area contributed by atoms with E-state index in [4.69, 9.17) is 18.9 Å². The smallest absolute Gasteiger partial charge is 0.343 e. The molecule has 1 heterocycles. The highest BCUT2D eigenvalue weighted by Crippen LogP contribution is 2.49. The molecule has 0 spiro atoms. The number of methoxy groups -OCH3 is 1.